The summed E-state index contributed by atoms with van der Waals surface area (Å²) in [5.74, 6) is 0.375. The van der Waals surface area contributed by atoms with E-state index in [1.807, 2.05) is 19.1 Å². The summed E-state index contributed by atoms with van der Waals surface area (Å²) in [6, 6.07) is 6.20. The van der Waals surface area contributed by atoms with Crippen LogP contribution in [0.15, 0.2) is 37.8 Å². The molecule has 1 aromatic heterocycles. The minimum Gasteiger partial charge on any atom is -0.452 e. The molecular formula is C12H9Br2ClFNO. The number of halogens is 4. The largest absolute Gasteiger partial charge is 0.452 e. The summed E-state index contributed by atoms with van der Waals surface area (Å²) < 4.78 is 19.8. The molecule has 0 radical (unpaired) electrons. The maximum Gasteiger partial charge on any atom is 0.169 e. The van der Waals surface area contributed by atoms with E-state index in [9.17, 15) is 4.39 Å². The molecule has 1 unspecified atom stereocenters. The lowest BCUT2D eigenvalue weighted by Gasteiger charge is -2.15. The summed E-state index contributed by atoms with van der Waals surface area (Å²) in [4.78, 5) is 0. The Bertz CT molecular complexity index is 550. The van der Waals surface area contributed by atoms with Crippen LogP contribution in [0.2, 0.25) is 5.02 Å². The van der Waals surface area contributed by atoms with E-state index in [-0.39, 0.29) is 11.9 Å². The Morgan fingerprint density at radius 2 is 2.06 bits per heavy atom. The van der Waals surface area contributed by atoms with Crippen LogP contribution in [0.1, 0.15) is 18.7 Å². The summed E-state index contributed by atoms with van der Waals surface area (Å²) in [7, 11) is 0. The molecule has 0 fully saturated rings. The third-order valence-electron chi connectivity index (χ3n) is 2.39. The fourth-order valence-electron chi connectivity index (χ4n) is 1.53. The van der Waals surface area contributed by atoms with Gasteiger partial charge in [0.1, 0.15) is 11.6 Å². The van der Waals surface area contributed by atoms with Crippen molar-refractivity contribution in [1.29, 1.82) is 0 Å². The molecule has 0 aliphatic rings. The predicted molar refractivity (Wildman–Crippen MR) is 77.6 cm³/mol. The van der Waals surface area contributed by atoms with Crippen molar-refractivity contribution >= 4 is 49.1 Å². The van der Waals surface area contributed by atoms with Gasteiger partial charge in [-0.2, -0.15) is 0 Å². The molecule has 2 nitrogen and oxygen atoms in total. The normalized spacial score (nSPS) is 12.5. The van der Waals surface area contributed by atoms with Crippen LogP contribution >= 0.6 is 43.5 Å². The fourth-order valence-corrected chi connectivity index (χ4v) is 2.77. The van der Waals surface area contributed by atoms with Crippen LogP contribution in [-0.4, -0.2) is 0 Å². The van der Waals surface area contributed by atoms with Gasteiger partial charge in [0, 0.05) is 4.47 Å². The van der Waals surface area contributed by atoms with Crippen LogP contribution in [0.3, 0.4) is 0 Å². The second-order valence-corrected chi connectivity index (χ2v) is 5.80. The Kier molecular flexibility index (Phi) is 4.35. The van der Waals surface area contributed by atoms with Gasteiger partial charge in [0.2, 0.25) is 0 Å². The summed E-state index contributed by atoms with van der Waals surface area (Å²) in [6.07, 6.45) is 0. The quantitative estimate of drug-likeness (QED) is 0.711. The molecule has 1 N–H and O–H groups in total. The number of furan rings is 1. The molecule has 1 aromatic carbocycles. The molecule has 0 bridgehead atoms. The molecule has 0 saturated carbocycles. The minimum absolute atomic E-state index is 0.0874. The molecule has 18 heavy (non-hydrogen) atoms. The second kappa shape index (κ2) is 5.63. The van der Waals surface area contributed by atoms with E-state index in [1.54, 1.807) is 0 Å². The van der Waals surface area contributed by atoms with E-state index in [2.05, 4.69) is 37.2 Å². The fraction of sp³-hybridized carbons (Fsp3) is 0.167. The SMILES string of the molecule is CC(Nc1c(Cl)cc(F)cc1Br)c1ccc(Br)o1. The lowest BCUT2D eigenvalue weighted by Crippen LogP contribution is -2.06. The van der Waals surface area contributed by atoms with E-state index in [0.717, 1.165) is 5.76 Å². The van der Waals surface area contributed by atoms with E-state index < -0.39 is 0 Å². The molecule has 0 aliphatic heterocycles. The van der Waals surface area contributed by atoms with Crippen molar-refractivity contribution in [2.45, 2.75) is 13.0 Å². The highest BCUT2D eigenvalue weighted by atomic mass is 79.9. The monoisotopic (exact) mass is 395 g/mol. The first-order chi connectivity index (χ1) is 8.47. The van der Waals surface area contributed by atoms with Crippen molar-refractivity contribution in [1.82, 2.24) is 0 Å². The van der Waals surface area contributed by atoms with E-state index in [1.165, 1.54) is 12.1 Å². The van der Waals surface area contributed by atoms with E-state index >= 15 is 0 Å². The molecule has 0 amide bonds. The lowest BCUT2D eigenvalue weighted by atomic mass is 10.2. The van der Waals surface area contributed by atoms with E-state index in [4.69, 9.17) is 16.0 Å². The molecule has 0 saturated heterocycles. The second-order valence-electron chi connectivity index (χ2n) is 3.75. The average molecular weight is 397 g/mol. The maximum absolute atomic E-state index is 13.1. The summed E-state index contributed by atoms with van der Waals surface area (Å²) in [5, 5.41) is 3.49. The molecule has 0 spiro atoms. The van der Waals surface area contributed by atoms with Crippen LogP contribution in [0, 0.1) is 5.82 Å². The zero-order chi connectivity index (χ0) is 13.3. The zero-order valence-electron chi connectivity index (χ0n) is 9.31. The minimum atomic E-state index is -0.383. The summed E-state index contributed by atoms with van der Waals surface area (Å²) >= 11 is 12.5. The highest BCUT2D eigenvalue weighted by Crippen LogP contribution is 2.34. The van der Waals surface area contributed by atoms with Crippen molar-refractivity contribution in [3.05, 3.63) is 50.0 Å². The van der Waals surface area contributed by atoms with E-state index in [0.29, 0.717) is 19.9 Å². The van der Waals surface area contributed by atoms with Gasteiger partial charge in [0.05, 0.1) is 16.8 Å². The molecule has 2 rings (SSSR count). The Balaban J connectivity index is 2.24. The van der Waals surface area contributed by atoms with Crippen LogP contribution in [0.25, 0.3) is 0 Å². The van der Waals surface area contributed by atoms with Gasteiger partial charge in [-0.15, -0.1) is 0 Å². The predicted octanol–water partition coefficient (Wildman–Crippen LogP) is 5.77. The van der Waals surface area contributed by atoms with Crippen molar-refractivity contribution < 1.29 is 8.81 Å². The number of benzene rings is 1. The number of anilines is 1. The zero-order valence-corrected chi connectivity index (χ0v) is 13.2. The molecule has 2 aromatic rings. The van der Waals surface area contributed by atoms with Gasteiger partial charge in [-0.05, 0) is 63.0 Å². The number of nitrogens with one attached hydrogen (secondary N) is 1. The molecule has 0 aliphatic carbocycles. The van der Waals surface area contributed by atoms with Gasteiger partial charge in [-0.3, -0.25) is 0 Å². The first kappa shape index (κ1) is 13.9. The van der Waals surface area contributed by atoms with Crippen molar-refractivity contribution in [3.8, 4) is 0 Å². The number of hydrogen-bond donors (Lipinski definition) is 1. The Labute approximate surface area is 126 Å². The van der Waals surface area contributed by atoms with Gasteiger partial charge in [-0.1, -0.05) is 11.6 Å². The molecule has 6 heteroatoms. The van der Waals surface area contributed by atoms with Crippen molar-refractivity contribution in [2.24, 2.45) is 0 Å². The smallest absolute Gasteiger partial charge is 0.169 e. The summed E-state index contributed by atoms with van der Waals surface area (Å²) in [6.45, 7) is 1.93. The number of hydrogen-bond acceptors (Lipinski definition) is 2. The van der Waals surface area contributed by atoms with Crippen LogP contribution in [-0.2, 0) is 0 Å². The Morgan fingerprint density at radius 1 is 1.33 bits per heavy atom. The maximum atomic E-state index is 13.1. The van der Waals surface area contributed by atoms with Crippen LogP contribution in [0.5, 0.6) is 0 Å². The molecule has 1 heterocycles. The first-order valence-corrected chi connectivity index (χ1v) is 7.10. The highest BCUT2D eigenvalue weighted by molar-refractivity contribution is 9.10. The van der Waals surface area contributed by atoms with Crippen LogP contribution < -0.4 is 5.32 Å². The van der Waals surface area contributed by atoms with Gasteiger partial charge in [0.25, 0.3) is 0 Å². The first-order valence-electron chi connectivity index (χ1n) is 5.13. The molecule has 96 valence electrons. The van der Waals surface area contributed by atoms with Gasteiger partial charge in [-0.25, -0.2) is 4.39 Å². The Morgan fingerprint density at radius 3 is 2.61 bits per heavy atom. The third kappa shape index (κ3) is 3.08. The van der Waals surface area contributed by atoms with Gasteiger partial charge < -0.3 is 9.73 Å². The highest BCUT2D eigenvalue weighted by Gasteiger charge is 2.14. The molecular weight excluding hydrogens is 388 g/mol. The average Bonchev–Trinajstić information content (AvgIpc) is 2.70. The van der Waals surface area contributed by atoms with Crippen molar-refractivity contribution in [2.75, 3.05) is 5.32 Å². The van der Waals surface area contributed by atoms with Crippen LogP contribution in [0.4, 0.5) is 10.1 Å². The Hall–Kier alpha value is -0.520. The summed E-state index contributed by atoms with van der Waals surface area (Å²) in [5.41, 5.74) is 0.637. The van der Waals surface area contributed by atoms with Gasteiger partial charge >= 0.3 is 0 Å². The topological polar surface area (TPSA) is 25.2 Å². The van der Waals surface area contributed by atoms with Gasteiger partial charge in [0.15, 0.2) is 4.67 Å². The standard InChI is InChI=1S/C12H9Br2ClFNO/c1-6(10-2-3-11(14)18-10)17-12-8(13)4-7(16)5-9(12)15/h2-6,17H,1H3. The molecule has 1 atom stereocenters. The lowest BCUT2D eigenvalue weighted by molar-refractivity contribution is 0.471. The third-order valence-corrected chi connectivity index (χ3v) is 3.74. The number of rotatable bonds is 3. The van der Waals surface area contributed by atoms with Crippen molar-refractivity contribution in [3.63, 3.8) is 0 Å².